The van der Waals surface area contributed by atoms with Crippen LogP contribution < -0.4 is 0 Å². The average molecular weight is 204 g/mol. The molecule has 4 N–H and O–H groups in total. The molecule has 5 nitrogen and oxygen atoms in total. The minimum atomic E-state index is -1.29. The number of aromatic carboxylic acids is 1. The number of carbonyl (C=O) groups is 1. The summed E-state index contributed by atoms with van der Waals surface area (Å²) >= 11 is 0. The van der Waals surface area contributed by atoms with Crippen LogP contribution in [0.3, 0.4) is 0 Å². The Bertz CT molecular complexity index is 313. The SMILES string of the molecule is O=C(O)c1cc(O)c(O)c(O)c1.P. The van der Waals surface area contributed by atoms with Crippen molar-refractivity contribution in [3.8, 4) is 17.2 Å². The first kappa shape index (κ1) is 11.5. The fourth-order valence-electron chi connectivity index (χ4n) is 0.728. The molecular formula is C7H9O5P. The number of carboxylic acids is 1. The van der Waals surface area contributed by atoms with Gasteiger partial charge in [-0.1, -0.05) is 0 Å². The monoisotopic (exact) mass is 204 g/mol. The summed E-state index contributed by atoms with van der Waals surface area (Å²) in [4.78, 5) is 10.3. The minimum absolute atomic E-state index is 0. The van der Waals surface area contributed by atoms with E-state index in [-0.39, 0.29) is 15.5 Å². The van der Waals surface area contributed by atoms with Crippen LogP contribution in [0.15, 0.2) is 12.1 Å². The molecule has 0 saturated carbocycles. The van der Waals surface area contributed by atoms with E-state index in [0.717, 1.165) is 12.1 Å². The molecule has 13 heavy (non-hydrogen) atoms. The number of hydrogen-bond donors (Lipinski definition) is 4. The highest BCUT2D eigenvalue weighted by atomic mass is 31.0. The summed E-state index contributed by atoms with van der Waals surface area (Å²) < 4.78 is 0. The van der Waals surface area contributed by atoms with Gasteiger partial charge < -0.3 is 20.4 Å². The number of hydrogen-bond acceptors (Lipinski definition) is 4. The van der Waals surface area contributed by atoms with Crippen LogP contribution in [-0.4, -0.2) is 26.4 Å². The molecule has 0 radical (unpaired) electrons. The summed E-state index contributed by atoms with van der Waals surface area (Å²) in [6, 6.07) is 1.69. The summed E-state index contributed by atoms with van der Waals surface area (Å²) in [5.74, 6) is -3.33. The lowest BCUT2D eigenvalue weighted by Gasteiger charge is -2.01. The first-order chi connectivity index (χ1) is 5.52. The molecule has 6 heteroatoms. The smallest absolute Gasteiger partial charge is 0.335 e. The number of carboxylic acid groups (broad SMARTS) is 1. The molecule has 1 unspecified atom stereocenters. The molecule has 0 fully saturated rings. The van der Waals surface area contributed by atoms with E-state index < -0.39 is 23.2 Å². The maximum Gasteiger partial charge on any atom is 0.335 e. The molecule has 0 aromatic heterocycles. The molecule has 0 aliphatic carbocycles. The molecule has 1 rings (SSSR count). The van der Waals surface area contributed by atoms with Crippen molar-refractivity contribution in [2.24, 2.45) is 0 Å². The van der Waals surface area contributed by atoms with Crippen molar-refractivity contribution in [1.82, 2.24) is 0 Å². The normalized spacial score (nSPS) is 8.92. The number of phenolic OH excluding ortho intramolecular Hbond substituents is 3. The summed E-state index contributed by atoms with van der Waals surface area (Å²) in [6.45, 7) is 0. The third-order valence-electron chi connectivity index (χ3n) is 1.32. The maximum atomic E-state index is 10.3. The number of phenols is 3. The van der Waals surface area contributed by atoms with Crippen molar-refractivity contribution in [2.75, 3.05) is 0 Å². The second-order valence-corrected chi connectivity index (χ2v) is 2.17. The van der Waals surface area contributed by atoms with Gasteiger partial charge in [-0.2, -0.15) is 9.90 Å². The van der Waals surface area contributed by atoms with Crippen LogP contribution >= 0.6 is 9.90 Å². The molecule has 72 valence electrons. The lowest BCUT2D eigenvalue weighted by molar-refractivity contribution is 0.0696. The molecule has 0 saturated heterocycles. The van der Waals surface area contributed by atoms with Crippen LogP contribution in [0.4, 0.5) is 0 Å². The van der Waals surface area contributed by atoms with Crippen LogP contribution in [0.25, 0.3) is 0 Å². The second kappa shape index (κ2) is 3.96. The molecule has 1 aromatic rings. The van der Waals surface area contributed by atoms with E-state index in [1.807, 2.05) is 0 Å². The first-order valence-electron chi connectivity index (χ1n) is 3.00. The summed E-state index contributed by atoms with van der Waals surface area (Å²) in [7, 11) is 0. The molecule has 0 aliphatic rings. The molecule has 0 amide bonds. The van der Waals surface area contributed by atoms with Gasteiger partial charge in [0.25, 0.3) is 0 Å². The zero-order valence-electron chi connectivity index (χ0n) is 6.56. The van der Waals surface area contributed by atoms with E-state index >= 15 is 0 Å². The Morgan fingerprint density at radius 2 is 1.46 bits per heavy atom. The molecule has 0 bridgehead atoms. The Labute approximate surface area is 76.9 Å². The number of benzene rings is 1. The quantitative estimate of drug-likeness (QED) is 0.395. The van der Waals surface area contributed by atoms with Gasteiger partial charge in [-0.3, -0.25) is 0 Å². The predicted molar refractivity (Wildman–Crippen MR) is 49.5 cm³/mol. The molecule has 1 atom stereocenters. The fourth-order valence-corrected chi connectivity index (χ4v) is 0.728. The van der Waals surface area contributed by atoms with Crippen LogP contribution in [0.5, 0.6) is 17.2 Å². The van der Waals surface area contributed by atoms with Gasteiger partial charge in [-0.05, 0) is 12.1 Å². The van der Waals surface area contributed by atoms with Crippen molar-refractivity contribution in [2.45, 2.75) is 0 Å². The molecule has 1 aromatic carbocycles. The van der Waals surface area contributed by atoms with Crippen LogP contribution in [0.1, 0.15) is 10.4 Å². The van der Waals surface area contributed by atoms with E-state index in [1.54, 1.807) is 0 Å². The zero-order valence-corrected chi connectivity index (χ0v) is 7.97. The average Bonchev–Trinajstić information content (AvgIpc) is 1.99. The standard InChI is InChI=1S/C7H6O5.H3P/c8-4-1-3(7(11)12)2-5(9)6(4)10;/h1-2,8-10H,(H,11,12);1H3. The van der Waals surface area contributed by atoms with Crippen LogP contribution in [-0.2, 0) is 0 Å². The van der Waals surface area contributed by atoms with Gasteiger partial charge in [0.05, 0.1) is 5.56 Å². The summed E-state index contributed by atoms with van der Waals surface area (Å²) in [5.41, 5.74) is -0.289. The Hall–Kier alpha value is -1.48. The van der Waals surface area contributed by atoms with E-state index in [0.29, 0.717) is 0 Å². The lowest BCUT2D eigenvalue weighted by Crippen LogP contribution is -1.95. The second-order valence-electron chi connectivity index (χ2n) is 2.17. The molecular weight excluding hydrogens is 195 g/mol. The Morgan fingerprint density at radius 3 is 1.77 bits per heavy atom. The van der Waals surface area contributed by atoms with Crippen molar-refractivity contribution in [3.05, 3.63) is 17.7 Å². The van der Waals surface area contributed by atoms with Gasteiger partial charge >= 0.3 is 5.97 Å². The van der Waals surface area contributed by atoms with Crippen molar-refractivity contribution >= 4 is 15.9 Å². The van der Waals surface area contributed by atoms with Gasteiger partial charge in [0.15, 0.2) is 17.2 Å². The number of rotatable bonds is 1. The fraction of sp³-hybridized carbons (Fsp3) is 0. The van der Waals surface area contributed by atoms with Crippen LogP contribution in [0.2, 0.25) is 0 Å². The molecule has 0 spiro atoms. The van der Waals surface area contributed by atoms with Gasteiger partial charge in [0.2, 0.25) is 0 Å². The van der Waals surface area contributed by atoms with Gasteiger partial charge in [0.1, 0.15) is 0 Å². The van der Waals surface area contributed by atoms with E-state index in [9.17, 15) is 4.79 Å². The van der Waals surface area contributed by atoms with Crippen molar-refractivity contribution in [1.29, 1.82) is 0 Å². The van der Waals surface area contributed by atoms with E-state index in [2.05, 4.69) is 0 Å². The topological polar surface area (TPSA) is 98.0 Å². The Morgan fingerprint density at radius 1 is 1.08 bits per heavy atom. The minimum Gasteiger partial charge on any atom is -0.504 e. The third kappa shape index (κ3) is 2.23. The third-order valence-corrected chi connectivity index (χ3v) is 1.32. The highest BCUT2D eigenvalue weighted by Gasteiger charge is 2.11. The van der Waals surface area contributed by atoms with Crippen LogP contribution in [0, 0.1) is 0 Å². The maximum absolute atomic E-state index is 10.3. The molecule has 0 heterocycles. The highest BCUT2D eigenvalue weighted by molar-refractivity contribution is 6.92. The Kier molecular flexibility index (Phi) is 3.51. The van der Waals surface area contributed by atoms with E-state index in [1.165, 1.54) is 0 Å². The Balaban J connectivity index is 0.00000144. The van der Waals surface area contributed by atoms with Gasteiger partial charge in [0, 0.05) is 0 Å². The van der Waals surface area contributed by atoms with Gasteiger partial charge in [-0.15, -0.1) is 0 Å². The largest absolute Gasteiger partial charge is 0.504 e. The molecule has 0 aliphatic heterocycles. The summed E-state index contributed by atoms with van der Waals surface area (Å²) in [5, 5.41) is 35.0. The van der Waals surface area contributed by atoms with Crippen molar-refractivity contribution in [3.63, 3.8) is 0 Å². The number of aromatic hydroxyl groups is 3. The summed E-state index contributed by atoms with van der Waals surface area (Å²) in [6.07, 6.45) is 0. The highest BCUT2D eigenvalue weighted by Crippen LogP contribution is 2.35. The first-order valence-corrected chi connectivity index (χ1v) is 3.00. The van der Waals surface area contributed by atoms with E-state index in [4.69, 9.17) is 20.4 Å². The van der Waals surface area contributed by atoms with Crippen molar-refractivity contribution < 1.29 is 25.2 Å². The predicted octanol–water partition coefficient (Wildman–Crippen LogP) is 0.560. The lowest BCUT2D eigenvalue weighted by atomic mass is 10.2. The van der Waals surface area contributed by atoms with Gasteiger partial charge in [-0.25, -0.2) is 4.79 Å². The zero-order chi connectivity index (χ0) is 9.30.